The SMILES string of the molecule is CC(C)c1nsc(Nc2ccc3ccccc3n2)n1. The quantitative estimate of drug-likeness (QED) is 0.782. The Kier molecular flexibility index (Phi) is 3.13. The first kappa shape index (κ1) is 12.0. The van der Waals surface area contributed by atoms with Crippen LogP contribution in [0.25, 0.3) is 10.9 Å². The van der Waals surface area contributed by atoms with Crippen molar-refractivity contribution in [2.75, 3.05) is 5.32 Å². The Morgan fingerprint density at radius 2 is 1.89 bits per heavy atom. The van der Waals surface area contributed by atoms with Gasteiger partial charge in [-0.1, -0.05) is 32.0 Å². The molecule has 0 bridgehead atoms. The van der Waals surface area contributed by atoms with Crippen LogP contribution in [0.4, 0.5) is 10.9 Å². The Hall–Kier alpha value is -2.01. The van der Waals surface area contributed by atoms with Crippen LogP contribution in [0.15, 0.2) is 36.4 Å². The van der Waals surface area contributed by atoms with Gasteiger partial charge < -0.3 is 5.32 Å². The van der Waals surface area contributed by atoms with Gasteiger partial charge in [0.05, 0.1) is 5.52 Å². The molecule has 0 saturated heterocycles. The van der Waals surface area contributed by atoms with Gasteiger partial charge in [-0.25, -0.2) is 9.97 Å². The van der Waals surface area contributed by atoms with Crippen LogP contribution in [0, 0.1) is 0 Å². The van der Waals surface area contributed by atoms with Crippen molar-refractivity contribution < 1.29 is 0 Å². The van der Waals surface area contributed by atoms with Gasteiger partial charge in [-0.15, -0.1) is 0 Å². The van der Waals surface area contributed by atoms with E-state index < -0.39 is 0 Å². The zero-order chi connectivity index (χ0) is 13.2. The van der Waals surface area contributed by atoms with Crippen LogP contribution in [-0.4, -0.2) is 14.3 Å². The lowest BCUT2D eigenvalue weighted by Crippen LogP contribution is -1.94. The van der Waals surface area contributed by atoms with Crippen LogP contribution in [0.3, 0.4) is 0 Å². The molecule has 0 saturated carbocycles. The summed E-state index contributed by atoms with van der Waals surface area (Å²) >= 11 is 1.37. The van der Waals surface area contributed by atoms with Crippen LogP contribution in [-0.2, 0) is 0 Å². The number of hydrogen-bond acceptors (Lipinski definition) is 5. The third-order valence-corrected chi connectivity index (χ3v) is 3.44. The third-order valence-electron chi connectivity index (χ3n) is 2.79. The first-order valence-corrected chi connectivity index (χ1v) is 6.96. The molecule has 0 atom stereocenters. The van der Waals surface area contributed by atoms with Crippen molar-refractivity contribution in [2.24, 2.45) is 0 Å². The highest BCUT2D eigenvalue weighted by molar-refractivity contribution is 7.09. The molecule has 0 aliphatic rings. The molecular formula is C14H14N4S. The molecule has 2 aromatic heterocycles. The molecule has 96 valence electrons. The third kappa shape index (κ3) is 2.56. The smallest absolute Gasteiger partial charge is 0.208 e. The van der Waals surface area contributed by atoms with Crippen LogP contribution >= 0.6 is 11.5 Å². The molecule has 2 heterocycles. The molecule has 1 N–H and O–H groups in total. The number of para-hydroxylation sites is 1. The number of anilines is 2. The number of pyridine rings is 1. The number of hydrogen-bond donors (Lipinski definition) is 1. The molecule has 0 unspecified atom stereocenters. The molecule has 0 aliphatic carbocycles. The van der Waals surface area contributed by atoms with Crippen molar-refractivity contribution in [1.82, 2.24) is 14.3 Å². The Morgan fingerprint density at radius 3 is 2.68 bits per heavy atom. The molecule has 0 aliphatic heterocycles. The van der Waals surface area contributed by atoms with Crippen LogP contribution in [0.5, 0.6) is 0 Å². The highest BCUT2D eigenvalue weighted by Gasteiger charge is 2.08. The van der Waals surface area contributed by atoms with Gasteiger partial charge >= 0.3 is 0 Å². The maximum Gasteiger partial charge on any atom is 0.208 e. The molecule has 0 amide bonds. The minimum absolute atomic E-state index is 0.344. The summed E-state index contributed by atoms with van der Waals surface area (Å²) in [5, 5.41) is 5.12. The van der Waals surface area contributed by atoms with Gasteiger partial charge in [0.1, 0.15) is 11.6 Å². The molecule has 0 fully saturated rings. The second kappa shape index (κ2) is 4.93. The fourth-order valence-corrected chi connectivity index (χ4v) is 2.48. The predicted molar refractivity (Wildman–Crippen MR) is 79.0 cm³/mol. The lowest BCUT2D eigenvalue weighted by molar-refractivity contribution is 0.800. The van der Waals surface area contributed by atoms with E-state index in [9.17, 15) is 0 Å². The lowest BCUT2D eigenvalue weighted by Gasteiger charge is -2.03. The average molecular weight is 270 g/mol. The van der Waals surface area contributed by atoms with Gasteiger partial charge in [-0.2, -0.15) is 4.37 Å². The highest BCUT2D eigenvalue weighted by atomic mass is 32.1. The van der Waals surface area contributed by atoms with E-state index in [1.165, 1.54) is 11.5 Å². The molecule has 1 aromatic carbocycles. The monoisotopic (exact) mass is 270 g/mol. The van der Waals surface area contributed by atoms with Gasteiger partial charge in [0, 0.05) is 22.8 Å². The summed E-state index contributed by atoms with van der Waals surface area (Å²) in [4.78, 5) is 8.99. The summed E-state index contributed by atoms with van der Waals surface area (Å²) < 4.78 is 4.31. The molecule has 5 heteroatoms. The summed E-state index contributed by atoms with van der Waals surface area (Å²) in [7, 11) is 0. The lowest BCUT2D eigenvalue weighted by atomic mass is 10.2. The van der Waals surface area contributed by atoms with Crippen molar-refractivity contribution >= 4 is 33.4 Å². The number of nitrogens with one attached hydrogen (secondary N) is 1. The average Bonchev–Trinajstić information content (AvgIpc) is 2.87. The Balaban J connectivity index is 1.87. The van der Waals surface area contributed by atoms with Gasteiger partial charge in [-0.05, 0) is 18.2 Å². The molecule has 0 radical (unpaired) electrons. The van der Waals surface area contributed by atoms with Gasteiger partial charge in [-0.3, -0.25) is 0 Å². The Labute approximate surface area is 115 Å². The molecule has 4 nitrogen and oxygen atoms in total. The standard InChI is InChI=1S/C14H14N4S/c1-9(2)13-17-14(19-18-13)16-12-8-7-10-5-3-4-6-11(10)15-12/h3-9H,1-2H3,(H,15,16,17,18). The highest BCUT2D eigenvalue weighted by Crippen LogP contribution is 2.22. The van der Waals surface area contributed by atoms with Crippen molar-refractivity contribution in [3.63, 3.8) is 0 Å². The second-order valence-corrected chi connectivity index (χ2v) is 5.38. The number of benzene rings is 1. The van der Waals surface area contributed by atoms with E-state index in [1.54, 1.807) is 0 Å². The largest absolute Gasteiger partial charge is 0.315 e. The van der Waals surface area contributed by atoms with E-state index in [4.69, 9.17) is 0 Å². The second-order valence-electron chi connectivity index (χ2n) is 4.63. The number of rotatable bonds is 3. The van der Waals surface area contributed by atoms with Crippen molar-refractivity contribution in [3.8, 4) is 0 Å². The first-order valence-electron chi connectivity index (χ1n) is 6.19. The number of fused-ring (bicyclic) bond motifs is 1. The van der Waals surface area contributed by atoms with Crippen LogP contribution in [0.1, 0.15) is 25.6 Å². The Bertz CT molecular complexity index is 705. The molecule has 19 heavy (non-hydrogen) atoms. The van der Waals surface area contributed by atoms with E-state index in [0.29, 0.717) is 5.92 Å². The number of aromatic nitrogens is 3. The maximum absolute atomic E-state index is 4.55. The Morgan fingerprint density at radius 1 is 1.05 bits per heavy atom. The summed E-state index contributed by atoms with van der Waals surface area (Å²) in [5.41, 5.74) is 0.973. The molecule has 3 rings (SSSR count). The van der Waals surface area contributed by atoms with Gasteiger partial charge in [0.25, 0.3) is 0 Å². The van der Waals surface area contributed by atoms with Crippen molar-refractivity contribution in [2.45, 2.75) is 19.8 Å². The molecular weight excluding hydrogens is 256 g/mol. The molecule has 0 spiro atoms. The summed E-state index contributed by atoms with van der Waals surface area (Å²) in [5.74, 6) is 2.01. The van der Waals surface area contributed by atoms with Gasteiger partial charge in [0.2, 0.25) is 5.13 Å². The van der Waals surface area contributed by atoms with E-state index >= 15 is 0 Å². The summed E-state index contributed by atoms with van der Waals surface area (Å²) in [6.07, 6.45) is 0. The maximum atomic E-state index is 4.55. The predicted octanol–water partition coefficient (Wildman–Crippen LogP) is 3.95. The zero-order valence-electron chi connectivity index (χ0n) is 10.8. The van der Waals surface area contributed by atoms with Crippen molar-refractivity contribution in [1.29, 1.82) is 0 Å². The number of nitrogens with zero attached hydrogens (tertiary/aromatic N) is 3. The van der Waals surface area contributed by atoms with Crippen LogP contribution in [0.2, 0.25) is 0 Å². The summed E-state index contributed by atoms with van der Waals surface area (Å²) in [6.45, 7) is 4.17. The van der Waals surface area contributed by atoms with E-state index in [2.05, 4.69) is 39.6 Å². The normalized spacial score (nSPS) is 11.1. The molecule has 3 aromatic rings. The minimum atomic E-state index is 0.344. The fourth-order valence-electron chi connectivity index (χ4n) is 1.77. The fraction of sp³-hybridized carbons (Fsp3) is 0.214. The van der Waals surface area contributed by atoms with E-state index in [0.717, 1.165) is 27.7 Å². The summed E-state index contributed by atoms with van der Waals surface area (Å²) in [6, 6.07) is 12.1. The van der Waals surface area contributed by atoms with Crippen molar-refractivity contribution in [3.05, 3.63) is 42.2 Å². The van der Waals surface area contributed by atoms with Gasteiger partial charge in [0.15, 0.2) is 0 Å². The topological polar surface area (TPSA) is 50.7 Å². The van der Waals surface area contributed by atoms with E-state index in [1.807, 2.05) is 30.3 Å². The zero-order valence-corrected chi connectivity index (χ0v) is 11.6. The van der Waals surface area contributed by atoms with E-state index in [-0.39, 0.29) is 0 Å². The minimum Gasteiger partial charge on any atom is -0.315 e. The first-order chi connectivity index (χ1) is 9.22. The van der Waals surface area contributed by atoms with Crippen LogP contribution < -0.4 is 5.32 Å².